The van der Waals surface area contributed by atoms with Crippen LogP contribution in [0.3, 0.4) is 0 Å². The lowest BCUT2D eigenvalue weighted by molar-refractivity contribution is 0.181. The number of carbonyl (C=O) groups excluding carboxylic acids is 1. The molecule has 1 fully saturated rings. The number of nitrogens with zero attached hydrogens (tertiary/aromatic N) is 4. The predicted molar refractivity (Wildman–Crippen MR) is 157 cm³/mol. The van der Waals surface area contributed by atoms with Crippen LogP contribution in [0.2, 0.25) is 0 Å². The molecule has 0 N–H and O–H groups in total. The lowest BCUT2D eigenvalue weighted by Gasteiger charge is -2.23. The SMILES string of the molecule is Cl.Cl.O=C1OCCN1c1ccc(OCCCN(CCn2ccc3ccccc3c2=O)Cc2ccncc2)cc1. The molecule has 0 saturated carbocycles. The number of rotatable bonds is 11. The summed E-state index contributed by atoms with van der Waals surface area (Å²) in [6.07, 6.45) is 6.00. The van der Waals surface area contributed by atoms with Gasteiger partial charge in [-0.05, 0) is 65.9 Å². The van der Waals surface area contributed by atoms with Crippen molar-refractivity contribution in [3.8, 4) is 5.75 Å². The van der Waals surface area contributed by atoms with Gasteiger partial charge in [0.2, 0.25) is 0 Å². The molecule has 8 nitrogen and oxygen atoms in total. The van der Waals surface area contributed by atoms with Crippen LogP contribution in [0.25, 0.3) is 10.8 Å². The fourth-order valence-corrected chi connectivity index (χ4v) is 4.50. The monoisotopic (exact) mass is 570 g/mol. The summed E-state index contributed by atoms with van der Waals surface area (Å²) in [5.41, 5.74) is 2.02. The summed E-state index contributed by atoms with van der Waals surface area (Å²) in [4.78, 5) is 32.7. The van der Waals surface area contributed by atoms with Crippen LogP contribution in [-0.4, -0.2) is 53.4 Å². The zero-order valence-electron chi connectivity index (χ0n) is 21.5. The van der Waals surface area contributed by atoms with Crippen molar-refractivity contribution < 1.29 is 14.3 Å². The van der Waals surface area contributed by atoms with Crippen molar-refractivity contribution in [3.05, 3.63) is 101 Å². The third-order valence-corrected chi connectivity index (χ3v) is 6.50. The summed E-state index contributed by atoms with van der Waals surface area (Å²) < 4.78 is 12.7. The van der Waals surface area contributed by atoms with E-state index in [1.807, 2.05) is 72.9 Å². The number of pyridine rings is 2. The normalized spacial score (nSPS) is 12.6. The van der Waals surface area contributed by atoms with Crippen molar-refractivity contribution in [1.29, 1.82) is 0 Å². The Morgan fingerprint density at radius 2 is 1.69 bits per heavy atom. The van der Waals surface area contributed by atoms with Crippen LogP contribution in [0, 0.1) is 0 Å². The number of halogens is 2. The van der Waals surface area contributed by atoms with E-state index in [2.05, 4.69) is 9.88 Å². The predicted octanol–water partition coefficient (Wildman–Crippen LogP) is 5.17. The number of benzene rings is 2. The van der Waals surface area contributed by atoms with Gasteiger partial charge in [-0.15, -0.1) is 24.8 Å². The van der Waals surface area contributed by atoms with Gasteiger partial charge in [0, 0.05) is 55.8 Å². The fourth-order valence-electron chi connectivity index (χ4n) is 4.50. The Morgan fingerprint density at radius 3 is 2.44 bits per heavy atom. The maximum atomic E-state index is 12.9. The Hall–Kier alpha value is -3.59. The van der Waals surface area contributed by atoms with E-state index < -0.39 is 0 Å². The molecular weight excluding hydrogens is 539 g/mol. The van der Waals surface area contributed by atoms with Crippen LogP contribution in [0.1, 0.15) is 12.0 Å². The lowest BCUT2D eigenvalue weighted by Crippen LogP contribution is -2.32. The minimum atomic E-state index is -0.311. The van der Waals surface area contributed by atoms with Crippen molar-refractivity contribution in [1.82, 2.24) is 14.5 Å². The minimum absolute atomic E-state index is 0. The Balaban J connectivity index is 0.00000210. The Labute approximate surface area is 240 Å². The first-order valence-corrected chi connectivity index (χ1v) is 12.5. The number of aromatic nitrogens is 2. The standard InChI is InChI=1S/C29H30N4O4.2ClH/c34-28-27-5-2-1-4-24(27)12-16-32(28)18-17-31(22-23-10-13-30-14-11-23)15-3-20-36-26-8-6-25(7-9-26)33-19-21-37-29(33)35;;/h1-2,4-14,16H,3,15,17-22H2;2*1H. The minimum Gasteiger partial charge on any atom is -0.494 e. The molecule has 4 aromatic rings. The number of amides is 1. The molecule has 0 radical (unpaired) electrons. The molecule has 0 spiro atoms. The van der Waals surface area contributed by atoms with Crippen LogP contribution >= 0.6 is 24.8 Å². The Bertz CT molecular complexity index is 1400. The van der Waals surface area contributed by atoms with E-state index >= 15 is 0 Å². The van der Waals surface area contributed by atoms with E-state index in [4.69, 9.17) is 9.47 Å². The van der Waals surface area contributed by atoms with Gasteiger partial charge < -0.3 is 14.0 Å². The van der Waals surface area contributed by atoms with Crippen LogP contribution in [-0.2, 0) is 17.8 Å². The first-order valence-electron chi connectivity index (χ1n) is 12.5. The summed E-state index contributed by atoms with van der Waals surface area (Å²) in [5.74, 6) is 0.764. The summed E-state index contributed by atoms with van der Waals surface area (Å²) in [6, 6.07) is 21.2. The molecular formula is C29H32Cl2N4O4. The van der Waals surface area contributed by atoms with E-state index in [0.717, 1.165) is 48.3 Å². The van der Waals surface area contributed by atoms with Gasteiger partial charge in [0.1, 0.15) is 12.4 Å². The summed E-state index contributed by atoms with van der Waals surface area (Å²) in [6.45, 7) is 4.49. The van der Waals surface area contributed by atoms with E-state index in [1.54, 1.807) is 21.9 Å². The number of hydrogen-bond acceptors (Lipinski definition) is 6. The summed E-state index contributed by atoms with van der Waals surface area (Å²) in [7, 11) is 0. The van der Waals surface area contributed by atoms with E-state index in [-0.39, 0.29) is 36.5 Å². The average Bonchev–Trinajstić information content (AvgIpc) is 3.37. The molecule has 2 aromatic heterocycles. The van der Waals surface area contributed by atoms with Crippen molar-refractivity contribution >= 4 is 47.4 Å². The number of hydrogen-bond donors (Lipinski definition) is 0. The maximum absolute atomic E-state index is 12.9. The van der Waals surface area contributed by atoms with Crippen LogP contribution in [0.4, 0.5) is 10.5 Å². The molecule has 5 rings (SSSR count). The molecule has 1 aliphatic heterocycles. The third kappa shape index (κ3) is 7.72. The fraction of sp³-hybridized carbons (Fsp3) is 0.276. The number of ether oxygens (including phenoxy) is 2. The molecule has 10 heteroatoms. The highest BCUT2D eigenvalue weighted by Gasteiger charge is 2.23. The largest absolute Gasteiger partial charge is 0.494 e. The second-order valence-corrected chi connectivity index (χ2v) is 9.00. The molecule has 0 aliphatic carbocycles. The van der Waals surface area contributed by atoms with Crippen molar-refractivity contribution in [2.75, 3.05) is 37.7 Å². The van der Waals surface area contributed by atoms with Crippen LogP contribution in [0.5, 0.6) is 5.75 Å². The first kappa shape index (κ1) is 30.0. The van der Waals surface area contributed by atoms with Gasteiger partial charge in [0.15, 0.2) is 0 Å². The van der Waals surface area contributed by atoms with Gasteiger partial charge in [0.25, 0.3) is 5.56 Å². The van der Waals surface area contributed by atoms with E-state index in [1.165, 1.54) is 5.56 Å². The van der Waals surface area contributed by atoms with Crippen LogP contribution < -0.4 is 15.2 Å². The van der Waals surface area contributed by atoms with Crippen molar-refractivity contribution in [2.24, 2.45) is 0 Å². The molecule has 2 aromatic carbocycles. The van der Waals surface area contributed by atoms with Crippen molar-refractivity contribution in [2.45, 2.75) is 19.5 Å². The highest BCUT2D eigenvalue weighted by atomic mass is 35.5. The van der Waals surface area contributed by atoms with Gasteiger partial charge in [-0.2, -0.15) is 0 Å². The highest BCUT2D eigenvalue weighted by molar-refractivity contribution is 5.89. The van der Waals surface area contributed by atoms with Gasteiger partial charge in [-0.25, -0.2) is 4.79 Å². The number of fused-ring (bicyclic) bond motifs is 1. The number of cyclic esters (lactones) is 1. The Morgan fingerprint density at radius 1 is 0.923 bits per heavy atom. The van der Waals surface area contributed by atoms with Crippen molar-refractivity contribution in [3.63, 3.8) is 0 Å². The van der Waals surface area contributed by atoms with Gasteiger partial charge in [0.05, 0.1) is 13.2 Å². The molecule has 1 amide bonds. The number of carbonyl (C=O) groups is 1. The number of anilines is 1. The molecule has 0 atom stereocenters. The average molecular weight is 572 g/mol. The topological polar surface area (TPSA) is 76.9 Å². The molecule has 0 bridgehead atoms. The highest BCUT2D eigenvalue weighted by Crippen LogP contribution is 2.22. The zero-order valence-corrected chi connectivity index (χ0v) is 23.1. The second kappa shape index (κ2) is 14.5. The maximum Gasteiger partial charge on any atom is 0.414 e. The zero-order chi connectivity index (χ0) is 25.5. The molecule has 1 saturated heterocycles. The quantitative estimate of drug-likeness (QED) is 0.231. The molecule has 1 aliphatic rings. The summed E-state index contributed by atoms with van der Waals surface area (Å²) in [5, 5.41) is 1.70. The van der Waals surface area contributed by atoms with Crippen LogP contribution in [0.15, 0.2) is 90.1 Å². The smallest absolute Gasteiger partial charge is 0.414 e. The van der Waals surface area contributed by atoms with E-state index in [0.29, 0.717) is 26.3 Å². The molecule has 3 heterocycles. The molecule has 0 unspecified atom stereocenters. The van der Waals surface area contributed by atoms with Gasteiger partial charge in [-0.1, -0.05) is 18.2 Å². The molecule has 206 valence electrons. The van der Waals surface area contributed by atoms with E-state index in [9.17, 15) is 9.59 Å². The first-order chi connectivity index (χ1) is 18.2. The molecule has 39 heavy (non-hydrogen) atoms. The van der Waals surface area contributed by atoms with Gasteiger partial charge in [-0.3, -0.25) is 19.6 Å². The lowest BCUT2D eigenvalue weighted by atomic mass is 10.2. The summed E-state index contributed by atoms with van der Waals surface area (Å²) >= 11 is 0. The third-order valence-electron chi connectivity index (χ3n) is 6.50. The second-order valence-electron chi connectivity index (χ2n) is 9.00. The Kier molecular flexibility index (Phi) is 11.2. The van der Waals surface area contributed by atoms with Gasteiger partial charge >= 0.3 is 6.09 Å².